The normalized spacial score (nSPS) is 11.2. The molecular weight excluding hydrogens is 234 g/mol. The highest BCUT2D eigenvalue weighted by molar-refractivity contribution is 5.65. The Morgan fingerprint density at radius 3 is 2.42 bits per heavy atom. The van der Waals surface area contributed by atoms with E-state index in [1.165, 1.54) is 16.7 Å². The molecule has 0 aliphatic heterocycles. The van der Waals surface area contributed by atoms with E-state index in [4.69, 9.17) is 0 Å². The Balaban J connectivity index is 2.15. The Bertz CT molecular complexity index is 523. The molecule has 0 atom stereocenters. The Morgan fingerprint density at radius 2 is 1.89 bits per heavy atom. The van der Waals surface area contributed by atoms with Crippen molar-refractivity contribution in [1.29, 1.82) is 0 Å². The molecule has 1 aromatic carbocycles. The van der Waals surface area contributed by atoms with E-state index in [2.05, 4.69) is 68.6 Å². The number of benzene rings is 1. The molecule has 2 rings (SSSR count). The summed E-state index contributed by atoms with van der Waals surface area (Å²) < 4.78 is 1.99. The summed E-state index contributed by atoms with van der Waals surface area (Å²) in [5.74, 6) is 0. The fourth-order valence-corrected chi connectivity index (χ4v) is 2.09. The van der Waals surface area contributed by atoms with Crippen LogP contribution in [0.4, 0.5) is 0 Å². The molecule has 102 valence electrons. The van der Waals surface area contributed by atoms with Gasteiger partial charge in [-0.3, -0.25) is 4.68 Å². The molecule has 3 heteroatoms. The van der Waals surface area contributed by atoms with Gasteiger partial charge in [-0.15, -0.1) is 0 Å². The molecule has 0 saturated carbocycles. The fourth-order valence-electron chi connectivity index (χ4n) is 2.09. The molecule has 19 heavy (non-hydrogen) atoms. The molecule has 0 aliphatic carbocycles. The summed E-state index contributed by atoms with van der Waals surface area (Å²) >= 11 is 0. The topological polar surface area (TPSA) is 29.9 Å². The zero-order valence-corrected chi connectivity index (χ0v) is 12.3. The van der Waals surface area contributed by atoms with Crippen molar-refractivity contribution in [2.45, 2.75) is 46.8 Å². The van der Waals surface area contributed by atoms with Gasteiger partial charge in [-0.05, 0) is 25.0 Å². The fraction of sp³-hybridized carbons (Fsp3) is 0.438. The van der Waals surface area contributed by atoms with Gasteiger partial charge in [-0.25, -0.2) is 0 Å². The molecule has 1 heterocycles. The summed E-state index contributed by atoms with van der Waals surface area (Å²) in [7, 11) is 0. The molecule has 0 radical (unpaired) electrons. The van der Waals surface area contributed by atoms with Crippen LogP contribution in [0.3, 0.4) is 0 Å². The number of hydrogen-bond donors (Lipinski definition) is 1. The van der Waals surface area contributed by atoms with Crippen LogP contribution in [0, 0.1) is 6.92 Å². The quantitative estimate of drug-likeness (QED) is 0.890. The van der Waals surface area contributed by atoms with E-state index in [1.807, 2.05) is 4.68 Å². The molecular formula is C16H23N3. The molecule has 2 aromatic rings. The molecule has 0 spiro atoms. The Morgan fingerprint density at radius 1 is 1.21 bits per heavy atom. The first kappa shape index (κ1) is 13.8. The molecule has 0 aliphatic rings. The first-order valence-corrected chi connectivity index (χ1v) is 6.97. The smallest absolute Gasteiger partial charge is 0.0672 e. The predicted octanol–water partition coefficient (Wildman–Crippen LogP) is 3.38. The van der Waals surface area contributed by atoms with Crippen LogP contribution in [0.15, 0.2) is 30.5 Å². The van der Waals surface area contributed by atoms with E-state index in [9.17, 15) is 0 Å². The first-order valence-electron chi connectivity index (χ1n) is 6.97. The van der Waals surface area contributed by atoms with Crippen LogP contribution in [0.1, 0.15) is 32.0 Å². The van der Waals surface area contributed by atoms with Crippen molar-refractivity contribution >= 4 is 0 Å². The number of aromatic nitrogens is 2. The molecule has 1 aromatic heterocycles. The average molecular weight is 257 g/mol. The van der Waals surface area contributed by atoms with E-state index in [0.29, 0.717) is 6.04 Å². The van der Waals surface area contributed by atoms with Gasteiger partial charge in [0.2, 0.25) is 0 Å². The van der Waals surface area contributed by atoms with Crippen LogP contribution in [0.25, 0.3) is 11.1 Å². The summed E-state index contributed by atoms with van der Waals surface area (Å²) in [5.41, 5.74) is 4.88. The number of nitrogens with one attached hydrogen (secondary N) is 1. The minimum Gasteiger partial charge on any atom is -0.310 e. The van der Waals surface area contributed by atoms with Crippen molar-refractivity contribution in [3.63, 3.8) is 0 Å². The first-order chi connectivity index (χ1) is 9.10. The third-order valence-electron chi connectivity index (χ3n) is 3.25. The lowest BCUT2D eigenvalue weighted by Gasteiger charge is -2.08. The van der Waals surface area contributed by atoms with Gasteiger partial charge >= 0.3 is 0 Å². The third-order valence-corrected chi connectivity index (χ3v) is 3.25. The van der Waals surface area contributed by atoms with Gasteiger partial charge in [0.1, 0.15) is 0 Å². The lowest BCUT2D eigenvalue weighted by molar-refractivity contribution is 0.589. The van der Waals surface area contributed by atoms with E-state index >= 15 is 0 Å². The Hall–Kier alpha value is -1.61. The summed E-state index contributed by atoms with van der Waals surface area (Å²) in [6.45, 7) is 10.3. The molecule has 0 unspecified atom stereocenters. The second kappa shape index (κ2) is 6.02. The maximum Gasteiger partial charge on any atom is 0.0672 e. The highest BCUT2D eigenvalue weighted by Crippen LogP contribution is 2.22. The number of nitrogens with zero attached hydrogens (tertiary/aromatic N) is 2. The zero-order chi connectivity index (χ0) is 13.8. The highest BCUT2D eigenvalue weighted by Gasteiger charge is 2.06. The van der Waals surface area contributed by atoms with E-state index < -0.39 is 0 Å². The van der Waals surface area contributed by atoms with Crippen molar-refractivity contribution < 1.29 is 0 Å². The largest absolute Gasteiger partial charge is 0.310 e. The van der Waals surface area contributed by atoms with E-state index in [-0.39, 0.29) is 0 Å². The van der Waals surface area contributed by atoms with Crippen molar-refractivity contribution in [1.82, 2.24) is 15.1 Å². The highest BCUT2D eigenvalue weighted by atomic mass is 15.3. The lowest BCUT2D eigenvalue weighted by Crippen LogP contribution is -2.21. The van der Waals surface area contributed by atoms with Crippen molar-refractivity contribution in [2.75, 3.05) is 0 Å². The molecule has 0 bridgehead atoms. The summed E-state index contributed by atoms with van der Waals surface area (Å²) in [4.78, 5) is 0. The SMILES string of the molecule is CCn1cc(-c2ccc(CNC(C)C)cc2)c(C)n1. The number of hydrogen-bond acceptors (Lipinski definition) is 2. The molecule has 3 nitrogen and oxygen atoms in total. The van der Waals surface area contributed by atoms with E-state index in [0.717, 1.165) is 18.8 Å². The van der Waals surface area contributed by atoms with Crippen LogP contribution in [0.2, 0.25) is 0 Å². The minimum atomic E-state index is 0.518. The lowest BCUT2D eigenvalue weighted by atomic mass is 10.0. The maximum absolute atomic E-state index is 4.49. The van der Waals surface area contributed by atoms with Gasteiger partial charge in [-0.1, -0.05) is 38.1 Å². The molecule has 1 N–H and O–H groups in total. The molecule has 0 amide bonds. The van der Waals surface area contributed by atoms with Gasteiger partial charge in [0.25, 0.3) is 0 Å². The van der Waals surface area contributed by atoms with Crippen LogP contribution >= 0.6 is 0 Å². The standard InChI is InChI=1S/C16H23N3/c1-5-19-11-16(13(4)18-19)15-8-6-14(7-9-15)10-17-12(2)3/h6-9,11-12,17H,5,10H2,1-4H3. The second-order valence-corrected chi connectivity index (χ2v) is 5.22. The van der Waals surface area contributed by atoms with Crippen LogP contribution in [0.5, 0.6) is 0 Å². The number of rotatable bonds is 5. The summed E-state index contributed by atoms with van der Waals surface area (Å²) in [6.07, 6.45) is 2.12. The van der Waals surface area contributed by atoms with Gasteiger partial charge in [0, 0.05) is 30.9 Å². The maximum atomic E-state index is 4.49. The second-order valence-electron chi connectivity index (χ2n) is 5.22. The van der Waals surface area contributed by atoms with Gasteiger partial charge < -0.3 is 5.32 Å². The Labute approximate surface area is 115 Å². The monoisotopic (exact) mass is 257 g/mol. The number of aryl methyl sites for hydroxylation is 2. The third kappa shape index (κ3) is 3.44. The Kier molecular flexibility index (Phi) is 4.38. The van der Waals surface area contributed by atoms with Crippen molar-refractivity contribution in [3.05, 3.63) is 41.7 Å². The summed E-state index contributed by atoms with van der Waals surface area (Å²) in [6, 6.07) is 9.26. The molecule has 0 fully saturated rings. The molecule has 0 saturated heterocycles. The minimum absolute atomic E-state index is 0.518. The van der Waals surface area contributed by atoms with Gasteiger partial charge in [0.15, 0.2) is 0 Å². The van der Waals surface area contributed by atoms with Crippen molar-refractivity contribution in [2.24, 2.45) is 0 Å². The predicted molar refractivity (Wildman–Crippen MR) is 80.0 cm³/mol. The average Bonchev–Trinajstić information content (AvgIpc) is 2.78. The zero-order valence-electron chi connectivity index (χ0n) is 12.3. The van der Waals surface area contributed by atoms with Gasteiger partial charge in [-0.2, -0.15) is 5.10 Å². The van der Waals surface area contributed by atoms with E-state index in [1.54, 1.807) is 0 Å². The van der Waals surface area contributed by atoms with Crippen LogP contribution in [-0.2, 0) is 13.1 Å². The summed E-state index contributed by atoms with van der Waals surface area (Å²) in [5, 5.41) is 7.92. The van der Waals surface area contributed by atoms with Crippen LogP contribution < -0.4 is 5.32 Å². The van der Waals surface area contributed by atoms with Crippen LogP contribution in [-0.4, -0.2) is 15.8 Å². The van der Waals surface area contributed by atoms with Gasteiger partial charge in [0.05, 0.1) is 5.69 Å². The van der Waals surface area contributed by atoms with Crippen molar-refractivity contribution in [3.8, 4) is 11.1 Å².